The van der Waals surface area contributed by atoms with Gasteiger partial charge in [-0.25, -0.2) is 9.67 Å². The summed E-state index contributed by atoms with van der Waals surface area (Å²) in [5, 5.41) is 4.14. The van der Waals surface area contributed by atoms with Gasteiger partial charge in [0.1, 0.15) is 5.82 Å². The van der Waals surface area contributed by atoms with Gasteiger partial charge in [0, 0.05) is 30.7 Å². The van der Waals surface area contributed by atoms with Crippen molar-refractivity contribution in [3.8, 4) is 0 Å². The molecular weight excluding hydrogens is 328 g/mol. The van der Waals surface area contributed by atoms with Gasteiger partial charge >= 0.3 is 0 Å². The van der Waals surface area contributed by atoms with E-state index in [1.807, 2.05) is 26.0 Å². The fraction of sp³-hybridized carbons (Fsp3) is 0.267. The lowest BCUT2D eigenvalue weighted by Crippen LogP contribution is -2.17. The van der Waals surface area contributed by atoms with Crippen LogP contribution < -0.4 is 4.72 Å². The normalized spacial score (nSPS) is 11.8. The maximum absolute atomic E-state index is 12.5. The van der Waals surface area contributed by atoms with Crippen molar-refractivity contribution in [3.63, 3.8) is 0 Å². The molecule has 0 saturated heterocycles. The molecule has 0 aromatic carbocycles. The average molecular weight is 346 g/mol. The Hall–Kier alpha value is -2.68. The lowest BCUT2D eigenvalue weighted by Gasteiger charge is -2.09. The fourth-order valence-electron chi connectivity index (χ4n) is 2.14. The molecule has 0 amide bonds. The minimum Gasteiger partial charge on any atom is -0.334 e. The van der Waals surface area contributed by atoms with Gasteiger partial charge in [-0.15, -0.1) is 0 Å². The highest BCUT2D eigenvalue weighted by Crippen LogP contribution is 2.16. The summed E-state index contributed by atoms with van der Waals surface area (Å²) in [4.78, 5) is 8.02. The monoisotopic (exact) mass is 346 g/mol. The molecule has 0 bridgehead atoms. The smallest absolute Gasteiger partial charge is 0.282 e. The van der Waals surface area contributed by atoms with Gasteiger partial charge in [0.2, 0.25) is 0 Å². The Morgan fingerprint density at radius 1 is 1.25 bits per heavy atom. The van der Waals surface area contributed by atoms with Crippen LogP contribution in [0.5, 0.6) is 0 Å². The van der Waals surface area contributed by atoms with Crippen LogP contribution in [0.3, 0.4) is 0 Å². The van der Waals surface area contributed by atoms with E-state index < -0.39 is 10.0 Å². The molecule has 24 heavy (non-hydrogen) atoms. The van der Waals surface area contributed by atoms with Crippen molar-refractivity contribution in [1.82, 2.24) is 24.3 Å². The van der Waals surface area contributed by atoms with Crippen LogP contribution in [-0.4, -0.2) is 32.7 Å². The van der Waals surface area contributed by atoms with Crippen LogP contribution in [0, 0.1) is 0 Å². The molecule has 3 aromatic heterocycles. The van der Waals surface area contributed by atoms with Crippen LogP contribution in [0.4, 0.5) is 5.82 Å². The third kappa shape index (κ3) is 3.46. The number of pyridine rings is 1. The van der Waals surface area contributed by atoms with Gasteiger partial charge in [-0.2, -0.15) is 13.5 Å². The summed E-state index contributed by atoms with van der Waals surface area (Å²) in [5.41, 5.74) is 0.922. The minimum atomic E-state index is -3.77. The van der Waals surface area contributed by atoms with Crippen LogP contribution in [-0.2, 0) is 16.6 Å². The summed E-state index contributed by atoms with van der Waals surface area (Å²) in [6.07, 6.45) is 7.95. The number of nitrogens with one attached hydrogen (secondary N) is 1. The van der Waals surface area contributed by atoms with E-state index >= 15 is 0 Å². The lowest BCUT2D eigenvalue weighted by molar-refractivity contribution is 0.591. The predicted octanol–water partition coefficient (Wildman–Crippen LogP) is 1.90. The second-order valence-corrected chi connectivity index (χ2v) is 7.22. The van der Waals surface area contributed by atoms with Crippen molar-refractivity contribution in [3.05, 3.63) is 54.9 Å². The molecule has 126 valence electrons. The first-order chi connectivity index (χ1) is 11.5. The zero-order valence-electron chi connectivity index (χ0n) is 13.4. The summed E-state index contributed by atoms with van der Waals surface area (Å²) < 4.78 is 30.8. The molecule has 0 fully saturated rings. The van der Waals surface area contributed by atoms with Crippen LogP contribution in [0.2, 0.25) is 0 Å². The van der Waals surface area contributed by atoms with Crippen molar-refractivity contribution in [2.75, 3.05) is 4.72 Å². The van der Waals surface area contributed by atoms with Crippen molar-refractivity contribution in [2.45, 2.75) is 31.5 Å². The molecule has 3 aromatic rings. The molecule has 0 aliphatic heterocycles. The number of nitrogens with zero attached hydrogens (tertiary/aromatic N) is 5. The molecule has 9 heteroatoms. The molecule has 8 nitrogen and oxygen atoms in total. The highest BCUT2D eigenvalue weighted by Gasteiger charge is 2.20. The van der Waals surface area contributed by atoms with Gasteiger partial charge in [-0.05, 0) is 25.5 Å². The molecule has 0 aliphatic rings. The lowest BCUT2D eigenvalue weighted by atomic mass is 10.3. The van der Waals surface area contributed by atoms with Crippen molar-refractivity contribution < 1.29 is 8.42 Å². The largest absolute Gasteiger partial charge is 0.334 e. The molecule has 0 spiro atoms. The topological polar surface area (TPSA) is 94.7 Å². The summed E-state index contributed by atoms with van der Waals surface area (Å²) in [6, 6.07) is 5.46. The van der Waals surface area contributed by atoms with Gasteiger partial charge in [-0.1, -0.05) is 6.07 Å². The Morgan fingerprint density at radius 2 is 2.08 bits per heavy atom. The second kappa shape index (κ2) is 6.44. The van der Waals surface area contributed by atoms with Gasteiger partial charge < -0.3 is 4.57 Å². The molecule has 0 aliphatic carbocycles. The SMILES string of the molecule is CC(C)n1cnc(S(=O)(=O)Nc2ccnn2Cc2cccnc2)c1. The molecule has 0 unspecified atom stereocenters. The first kappa shape index (κ1) is 16.2. The van der Waals surface area contributed by atoms with Crippen LogP contribution >= 0.6 is 0 Å². The maximum Gasteiger partial charge on any atom is 0.282 e. The summed E-state index contributed by atoms with van der Waals surface area (Å²) in [6.45, 7) is 4.32. The third-order valence-corrected chi connectivity index (χ3v) is 4.70. The molecular formula is C15H18N6O2S. The number of anilines is 1. The van der Waals surface area contributed by atoms with Gasteiger partial charge in [-0.3, -0.25) is 9.71 Å². The molecule has 3 heterocycles. The van der Waals surface area contributed by atoms with Gasteiger partial charge in [0.15, 0.2) is 5.03 Å². The number of sulfonamides is 1. The molecule has 0 atom stereocenters. The fourth-order valence-corrected chi connectivity index (χ4v) is 3.14. The summed E-state index contributed by atoms with van der Waals surface area (Å²) in [7, 11) is -3.77. The average Bonchev–Trinajstić information content (AvgIpc) is 3.18. The van der Waals surface area contributed by atoms with Crippen molar-refractivity contribution >= 4 is 15.8 Å². The number of rotatable bonds is 6. The molecule has 3 rings (SSSR count). The summed E-state index contributed by atoms with van der Waals surface area (Å²) >= 11 is 0. The van der Waals surface area contributed by atoms with E-state index in [4.69, 9.17) is 0 Å². The first-order valence-corrected chi connectivity index (χ1v) is 8.91. The zero-order valence-corrected chi connectivity index (χ0v) is 14.2. The standard InChI is InChI=1S/C15H18N6O2S/c1-12(2)20-10-15(17-11-20)24(22,23)19-14-5-7-18-21(14)9-13-4-3-6-16-8-13/h3-8,10-12,19H,9H2,1-2H3. The Morgan fingerprint density at radius 3 is 2.75 bits per heavy atom. The maximum atomic E-state index is 12.5. The van der Waals surface area contributed by atoms with Crippen LogP contribution in [0.25, 0.3) is 0 Å². The number of hydrogen-bond donors (Lipinski definition) is 1. The van der Waals surface area contributed by atoms with E-state index in [1.54, 1.807) is 33.9 Å². The Labute approximate surface area is 140 Å². The quantitative estimate of drug-likeness (QED) is 0.735. The Kier molecular flexibility index (Phi) is 4.34. The van der Waals surface area contributed by atoms with E-state index in [0.717, 1.165) is 5.56 Å². The molecule has 1 N–H and O–H groups in total. The van der Waals surface area contributed by atoms with E-state index in [0.29, 0.717) is 12.4 Å². The Balaban J connectivity index is 1.82. The van der Waals surface area contributed by atoms with E-state index in [1.165, 1.54) is 12.5 Å². The van der Waals surface area contributed by atoms with E-state index in [-0.39, 0.29) is 11.1 Å². The summed E-state index contributed by atoms with van der Waals surface area (Å²) in [5.74, 6) is 0.373. The van der Waals surface area contributed by atoms with E-state index in [9.17, 15) is 8.42 Å². The highest BCUT2D eigenvalue weighted by molar-refractivity contribution is 7.92. The number of aromatic nitrogens is 5. The zero-order chi connectivity index (χ0) is 17.2. The Bertz CT molecular complexity index is 914. The second-order valence-electron chi connectivity index (χ2n) is 5.59. The first-order valence-electron chi connectivity index (χ1n) is 7.43. The van der Waals surface area contributed by atoms with Gasteiger partial charge in [0.25, 0.3) is 10.0 Å². The van der Waals surface area contributed by atoms with Crippen LogP contribution in [0.15, 0.2) is 54.3 Å². The molecule has 0 saturated carbocycles. The van der Waals surface area contributed by atoms with Crippen LogP contribution in [0.1, 0.15) is 25.5 Å². The van der Waals surface area contributed by atoms with Crippen molar-refractivity contribution in [2.24, 2.45) is 0 Å². The molecule has 0 radical (unpaired) electrons. The van der Waals surface area contributed by atoms with Crippen molar-refractivity contribution in [1.29, 1.82) is 0 Å². The number of imidazole rings is 1. The third-order valence-electron chi connectivity index (χ3n) is 3.46. The van der Waals surface area contributed by atoms with Gasteiger partial charge in [0.05, 0.1) is 19.1 Å². The number of hydrogen-bond acceptors (Lipinski definition) is 5. The predicted molar refractivity (Wildman–Crippen MR) is 89.0 cm³/mol. The van der Waals surface area contributed by atoms with E-state index in [2.05, 4.69) is 19.8 Å². The highest BCUT2D eigenvalue weighted by atomic mass is 32.2. The minimum absolute atomic E-state index is 0.0228.